The molecule has 0 unspecified atom stereocenters. The number of amides is 4. The van der Waals surface area contributed by atoms with Crippen LogP contribution < -0.4 is 21.3 Å². The maximum atomic E-state index is 11.4. The minimum Gasteiger partial charge on any atom is -0.337 e. The highest BCUT2D eigenvalue weighted by Gasteiger charge is 2.02. The van der Waals surface area contributed by atoms with Gasteiger partial charge in [0.2, 0.25) is 0 Å². The Morgan fingerprint density at radius 2 is 1.15 bits per heavy atom. The second-order valence-corrected chi connectivity index (χ2v) is 4.68. The Labute approximate surface area is 128 Å². The van der Waals surface area contributed by atoms with Gasteiger partial charge in [-0.3, -0.25) is 0 Å². The molecule has 0 heterocycles. The van der Waals surface area contributed by atoms with E-state index in [-0.39, 0.29) is 12.1 Å². The highest BCUT2D eigenvalue weighted by molar-refractivity contribution is 7.80. The Kier molecular flexibility index (Phi) is 7.74. The summed E-state index contributed by atoms with van der Waals surface area (Å²) in [6.07, 6.45) is 0. The smallest absolute Gasteiger partial charge is 0.319 e. The van der Waals surface area contributed by atoms with Crippen molar-refractivity contribution in [2.45, 2.75) is 0 Å². The Bertz CT molecular complexity index is 399. The molecule has 1 rings (SSSR count). The summed E-state index contributed by atoms with van der Waals surface area (Å²) in [7, 11) is 0. The highest BCUT2D eigenvalue weighted by atomic mass is 32.1. The van der Waals surface area contributed by atoms with Gasteiger partial charge < -0.3 is 21.3 Å². The third kappa shape index (κ3) is 6.58. The zero-order valence-corrected chi connectivity index (χ0v) is 12.6. The monoisotopic (exact) mass is 314 g/mol. The lowest BCUT2D eigenvalue weighted by atomic mass is 10.3. The van der Waals surface area contributed by atoms with Crippen LogP contribution in [0.1, 0.15) is 0 Å². The first-order valence-electron chi connectivity index (χ1n) is 6.07. The summed E-state index contributed by atoms with van der Waals surface area (Å²) in [5.41, 5.74) is 1.28. The van der Waals surface area contributed by atoms with Gasteiger partial charge in [0.1, 0.15) is 0 Å². The van der Waals surface area contributed by atoms with E-state index < -0.39 is 0 Å². The van der Waals surface area contributed by atoms with Crippen molar-refractivity contribution in [1.29, 1.82) is 0 Å². The number of carbonyl (C=O) groups is 2. The number of anilines is 2. The number of hydrogen-bond acceptors (Lipinski definition) is 4. The van der Waals surface area contributed by atoms with Crippen molar-refractivity contribution >= 4 is 48.7 Å². The molecule has 0 aliphatic heterocycles. The third-order valence-electron chi connectivity index (χ3n) is 2.20. The summed E-state index contributed by atoms with van der Waals surface area (Å²) >= 11 is 7.99. The van der Waals surface area contributed by atoms with Crippen LogP contribution >= 0.6 is 25.3 Å². The average molecular weight is 314 g/mol. The van der Waals surface area contributed by atoms with Crippen LogP contribution in [-0.2, 0) is 0 Å². The molecule has 110 valence electrons. The number of urea groups is 2. The van der Waals surface area contributed by atoms with E-state index in [1.165, 1.54) is 0 Å². The summed E-state index contributed by atoms with van der Waals surface area (Å²) in [4.78, 5) is 22.8. The highest BCUT2D eigenvalue weighted by Crippen LogP contribution is 2.13. The second kappa shape index (κ2) is 9.38. The van der Waals surface area contributed by atoms with E-state index in [0.717, 1.165) is 0 Å². The van der Waals surface area contributed by atoms with Crippen LogP contribution in [-0.4, -0.2) is 36.7 Å². The molecule has 1 aromatic rings. The maximum absolute atomic E-state index is 11.4. The van der Waals surface area contributed by atoms with Crippen LogP contribution in [0.4, 0.5) is 21.0 Å². The Balaban J connectivity index is 2.43. The third-order valence-corrected chi connectivity index (χ3v) is 2.64. The molecule has 4 amide bonds. The van der Waals surface area contributed by atoms with Gasteiger partial charge in [0.25, 0.3) is 0 Å². The molecule has 0 saturated carbocycles. The van der Waals surface area contributed by atoms with Crippen LogP contribution in [0.2, 0.25) is 0 Å². The van der Waals surface area contributed by atoms with Crippen molar-refractivity contribution < 1.29 is 9.59 Å². The van der Waals surface area contributed by atoms with E-state index in [2.05, 4.69) is 46.5 Å². The van der Waals surface area contributed by atoms with Crippen molar-refractivity contribution in [2.75, 3.05) is 35.2 Å². The SMILES string of the molecule is O=C(NCCS)Nc1ccc(NC(=O)NCCS)cc1. The molecule has 0 aliphatic carbocycles. The van der Waals surface area contributed by atoms with Crippen LogP contribution in [0.3, 0.4) is 0 Å². The number of nitrogens with one attached hydrogen (secondary N) is 4. The van der Waals surface area contributed by atoms with Crippen molar-refractivity contribution in [3.05, 3.63) is 24.3 Å². The molecular formula is C12H18N4O2S2. The number of benzene rings is 1. The predicted molar refractivity (Wildman–Crippen MR) is 88.2 cm³/mol. The van der Waals surface area contributed by atoms with Crippen molar-refractivity contribution in [1.82, 2.24) is 10.6 Å². The number of rotatable bonds is 6. The fourth-order valence-corrected chi connectivity index (χ4v) is 1.55. The standard InChI is InChI=1S/C12H18N4O2S2/c17-11(13-5-7-19)15-9-1-2-10(4-3-9)16-12(18)14-6-8-20/h1-4,19-20H,5-8H2,(H2,13,15,17)(H2,14,16,18). The number of thiol groups is 2. The van der Waals surface area contributed by atoms with Crippen molar-refractivity contribution in [3.63, 3.8) is 0 Å². The predicted octanol–water partition coefficient (Wildman–Crippen LogP) is 1.79. The van der Waals surface area contributed by atoms with Gasteiger partial charge in [-0.2, -0.15) is 25.3 Å². The summed E-state index contributed by atoms with van der Waals surface area (Å²) < 4.78 is 0. The number of hydrogen-bond donors (Lipinski definition) is 6. The van der Waals surface area contributed by atoms with Crippen LogP contribution in [0, 0.1) is 0 Å². The van der Waals surface area contributed by atoms with Crippen molar-refractivity contribution in [3.8, 4) is 0 Å². The van der Waals surface area contributed by atoms with Gasteiger partial charge in [-0.1, -0.05) is 0 Å². The van der Waals surface area contributed by atoms with Gasteiger partial charge in [0.15, 0.2) is 0 Å². The van der Waals surface area contributed by atoms with Crippen LogP contribution in [0.25, 0.3) is 0 Å². The van der Waals surface area contributed by atoms with Crippen molar-refractivity contribution in [2.24, 2.45) is 0 Å². The molecule has 0 radical (unpaired) electrons. The van der Waals surface area contributed by atoms with Gasteiger partial charge >= 0.3 is 12.1 Å². The largest absolute Gasteiger partial charge is 0.337 e. The lowest BCUT2D eigenvalue weighted by Crippen LogP contribution is -2.30. The first kappa shape index (κ1) is 16.5. The Morgan fingerprint density at radius 1 is 0.800 bits per heavy atom. The van der Waals surface area contributed by atoms with E-state index in [1.54, 1.807) is 24.3 Å². The first-order valence-corrected chi connectivity index (χ1v) is 7.33. The topological polar surface area (TPSA) is 82.3 Å². The summed E-state index contributed by atoms with van der Waals surface area (Å²) in [6.45, 7) is 1.000. The molecule has 8 heteroatoms. The molecule has 0 spiro atoms. The zero-order chi connectivity index (χ0) is 14.8. The average Bonchev–Trinajstić information content (AvgIpc) is 2.45. The minimum absolute atomic E-state index is 0.286. The lowest BCUT2D eigenvalue weighted by Gasteiger charge is -2.09. The Morgan fingerprint density at radius 3 is 1.45 bits per heavy atom. The molecule has 0 atom stereocenters. The van der Waals surface area contributed by atoms with Crippen LogP contribution in [0.5, 0.6) is 0 Å². The van der Waals surface area contributed by atoms with Crippen LogP contribution in [0.15, 0.2) is 24.3 Å². The molecule has 20 heavy (non-hydrogen) atoms. The molecule has 0 fully saturated rings. The van der Waals surface area contributed by atoms with E-state index in [1.807, 2.05) is 0 Å². The Hall–Kier alpha value is -1.54. The maximum Gasteiger partial charge on any atom is 0.319 e. The molecule has 1 aromatic carbocycles. The number of carbonyl (C=O) groups excluding carboxylic acids is 2. The van der Waals surface area contributed by atoms with Gasteiger partial charge in [-0.25, -0.2) is 9.59 Å². The quantitative estimate of drug-likeness (QED) is 0.453. The van der Waals surface area contributed by atoms with E-state index in [0.29, 0.717) is 36.0 Å². The summed E-state index contributed by atoms with van der Waals surface area (Å²) in [5.74, 6) is 1.16. The zero-order valence-electron chi connectivity index (χ0n) is 10.8. The van der Waals surface area contributed by atoms with E-state index in [9.17, 15) is 9.59 Å². The normalized spacial score (nSPS) is 9.70. The van der Waals surface area contributed by atoms with Gasteiger partial charge in [0.05, 0.1) is 0 Å². The molecular weight excluding hydrogens is 296 g/mol. The fourth-order valence-electron chi connectivity index (χ4n) is 1.33. The summed E-state index contributed by atoms with van der Waals surface area (Å²) in [6, 6.07) is 6.24. The molecule has 0 aliphatic rings. The first-order chi connectivity index (χ1) is 9.65. The lowest BCUT2D eigenvalue weighted by molar-refractivity contribution is 0.251. The second-order valence-electron chi connectivity index (χ2n) is 3.79. The molecule has 0 aromatic heterocycles. The fraction of sp³-hybridized carbons (Fsp3) is 0.333. The summed E-state index contributed by atoms with van der Waals surface area (Å²) in [5, 5.41) is 10.6. The molecule has 0 saturated heterocycles. The van der Waals surface area contributed by atoms with Gasteiger partial charge in [-0.05, 0) is 24.3 Å². The van der Waals surface area contributed by atoms with Gasteiger partial charge in [-0.15, -0.1) is 0 Å². The van der Waals surface area contributed by atoms with Gasteiger partial charge in [0, 0.05) is 36.0 Å². The van der Waals surface area contributed by atoms with E-state index >= 15 is 0 Å². The molecule has 6 nitrogen and oxygen atoms in total. The minimum atomic E-state index is -0.286. The van der Waals surface area contributed by atoms with E-state index in [4.69, 9.17) is 0 Å². The molecule has 4 N–H and O–H groups in total. The molecule has 0 bridgehead atoms.